The number of piperidine rings is 1. The lowest BCUT2D eigenvalue weighted by atomic mass is 9.91. The lowest BCUT2D eigenvalue weighted by molar-refractivity contribution is -0.146. The molecule has 0 aromatic heterocycles. The first-order valence-electron chi connectivity index (χ1n) is 7.75. The fourth-order valence-corrected chi connectivity index (χ4v) is 2.93. The van der Waals surface area contributed by atoms with Gasteiger partial charge in [-0.05, 0) is 56.4 Å². The summed E-state index contributed by atoms with van der Waals surface area (Å²) in [5.41, 5.74) is 1.09. The molecule has 0 spiro atoms. The Morgan fingerprint density at radius 3 is 2.52 bits per heavy atom. The van der Waals surface area contributed by atoms with E-state index in [9.17, 15) is 19.8 Å². The van der Waals surface area contributed by atoms with Crippen molar-refractivity contribution in [2.24, 2.45) is 0 Å². The maximum atomic E-state index is 12.6. The SMILES string of the molecule is CC(=O)N1CCCC(O)(C(=O)Nc2cc(C)c(O)c(C)c2C)C1. The number of amides is 2. The number of nitrogens with zero attached hydrogens (tertiary/aromatic N) is 1. The zero-order valence-corrected chi connectivity index (χ0v) is 14.1. The highest BCUT2D eigenvalue weighted by Gasteiger charge is 2.41. The Labute approximate surface area is 136 Å². The molecule has 6 nitrogen and oxygen atoms in total. The molecular weight excluding hydrogens is 296 g/mol. The quantitative estimate of drug-likeness (QED) is 0.723. The Morgan fingerprint density at radius 1 is 1.26 bits per heavy atom. The number of benzene rings is 1. The first-order valence-corrected chi connectivity index (χ1v) is 7.75. The van der Waals surface area contributed by atoms with Gasteiger partial charge in [-0.1, -0.05) is 0 Å². The lowest BCUT2D eigenvalue weighted by Crippen LogP contribution is -2.56. The number of phenols is 1. The Morgan fingerprint density at radius 2 is 1.91 bits per heavy atom. The number of aromatic hydroxyl groups is 1. The van der Waals surface area contributed by atoms with Gasteiger partial charge < -0.3 is 20.4 Å². The topological polar surface area (TPSA) is 89.9 Å². The molecule has 0 aliphatic carbocycles. The van der Waals surface area contributed by atoms with Crippen LogP contribution in [0.15, 0.2) is 6.07 Å². The molecule has 1 aromatic rings. The van der Waals surface area contributed by atoms with E-state index in [1.54, 1.807) is 26.8 Å². The highest BCUT2D eigenvalue weighted by Crippen LogP contribution is 2.31. The minimum atomic E-state index is -1.59. The number of rotatable bonds is 2. The van der Waals surface area contributed by atoms with Crippen molar-refractivity contribution in [1.82, 2.24) is 4.90 Å². The van der Waals surface area contributed by atoms with Gasteiger partial charge in [0.2, 0.25) is 5.91 Å². The van der Waals surface area contributed by atoms with Gasteiger partial charge in [0.25, 0.3) is 5.91 Å². The summed E-state index contributed by atoms with van der Waals surface area (Å²) in [4.78, 5) is 25.5. The van der Waals surface area contributed by atoms with Crippen LogP contribution in [0.1, 0.15) is 36.5 Å². The normalized spacial score (nSPS) is 21.2. The van der Waals surface area contributed by atoms with E-state index in [1.807, 2.05) is 0 Å². The van der Waals surface area contributed by atoms with Gasteiger partial charge in [0.05, 0.1) is 6.54 Å². The highest BCUT2D eigenvalue weighted by molar-refractivity contribution is 5.98. The molecule has 2 rings (SSSR count). The fourth-order valence-electron chi connectivity index (χ4n) is 2.93. The van der Waals surface area contributed by atoms with Crippen molar-refractivity contribution in [2.75, 3.05) is 18.4 Å². The fraction of sp³-hybridized carbons (Fsp3) is 0.529. The number of hydrogen-bond donors (Lipinski definition) is 3. The molecule has 0 saturated carbocycles. The third kappa shape index (κ3) is 3.32. The predicted molar refractivity (Wildman–Crippen MR) is 87.4 cm³/mol. The highest BCUT2D eigenvalue weighted by atomic mass is 16.3. The number of aryl methyl sites for hydroxylation is 1. The Bertz CT molecular complexity index is 656. The van der Waals surface area contributed by atoms with E-state index >= 15 is 0 Å². The van der Waals surface area contributed by atoms with E-state index in [2.05, 4.69) is 5.32 Å². The Hall–Kier alpha value is -2.08. The van der Waals surface area contributed by atoms with Crippen molar-refractivity contribution >= 4 is 17.5 Å². The largest absolute Gasteiger partial charge is 0.507 e. The van der Waals surface area contributed by atoms with Crippen molar-refractivity contribution in [3.05, 3.63) is 22.8 Å². The number of phenolic OH excluding ortho intramolecular Hbond substituents is 1. The minimum absolute atomic E-state index is 0.00324. The van der Waals surface area contributed by atoms with Crippen molar-refractivity contribution in [3.8, 4) is 5.75 Å². The summed E-state index contributed by atoms with van der Waals surface area (Å²) in [6.45, 7) is 7.33. The average molecular weight is 320 g/mol. The zero-order valence-electron chi connectivity index (χ0n) is 14.1. The van der Waals surface area contributed by atoms with Crippen molar-refractivity contribution in [3.63, 3.8) is 0 Å². The summed E-state index contributed by atoms with van der Waals surface area (Å²) in [6, 6.07) is 1.69. The number of anilines is 1. The van der Waals surface area contributed by atoms with E-state index in [0.717, 1.165) is 5.56 Å². The molecule has 6 heteroatoms. The van der Waals surface area contributed by atoms with E-state index in [-0.39, 0.29) is 18.2 Å². The van der Waals surface area contributed by atoms with E-state index in [1.165, 1.54) is 11.8 Å². The number of likely N-dealkylation sites (tertiary alicyclic amines) is 1. The van der Waals surface area contributed by atoms with Crippen LogP contribution in [0, 0.1) is 20.8 Å². The third-order valence-electron chi connectivity index (χ3n) is 4.64. The molecule has 0 radical (unpaired) electrons. The predicted octanol–water partition coefficient (Wildman–Crippen LogP) is 1.63. The Kier molecular flexibility index (Phi) is 4.66. The van der Waals surface area contributed by atoms with Gasteiger partial charge >= 0.3 is 0 Å². The summed E-state index contributed by atoms with van der Waals surface area (Å²) in [5, 5.41) is 23.3. The molecule has 1 heterocycles. The molecule has 1 unspecified atom stereocenters. The molecule has 1 saturated heterocycles. The molecule has 1 aromatic carbocycles. The molecule has 0 bridgehead atoms. The second-order valence-electron chi connectivity index (χ2n) is 6.37. The van der Waals surface area contributed by atoms with Crippen LogP contribution in [0.4, 0.5) is 5.69 Å². The third-order valence-corrected chi connectivity index (χ3v) is 4.64. The molecular formula is C17H24N2O4. The zero-order chi connectivity index (χ0) is 17.4. The lowest BCUT2D eigenvalue weighted by Gasteiger charge is -2.37. The Balaban J connectivity index is 2.23. The van der Waals surface area contributed by atoms with Crippen LogP contribution in [0.3, 0.4) is 0 Å². The average Bonchev–Trinajstić information content (AvgIpc) is 2.50. The number of hydrogen-bond acceptors (Lipinski definition) is 4. The number of aliphatic hydroxyl groups is 1. The van der Waals surface area contributed by atoms with E-state index < -0.39 is 11.5 Å². The molecule has 126 valence electrons. The minimum Gasteiger partial charge on any atom is -0.507 e. The van der Waals surface area contributed by atoms with Crippen LogP contribution in [0.25, 0.3) is 0 Å². The van der Waals surface area contributed by atoms with E-state index in [0.29, 0.717) is 36.2 Å². The standard InChI is InChI=1S/C17H24N2O4/c1-10-8-14(11(2)12(3)15(10)21)18-16(22)17(23)6-5-7-19(9-17)13(4)20/h8,21,23H,5-7,9H2,1-4H3,(H,18,22). The summed E-state index contributed by atoms with van der Waals surface area (Å²) >= 11 is 0. The smallest absolute Gasteiger partial charge is 0.258 e. The molecule has 2 amide bonds. The van der Waals surface area contributed by atoms with Crippen LogP contribution in [-0.4, -0.2) is 45.6 Å². The van der Waals surface area contributed by atoms with Crippen molar-refractivity contribution in [2.45, 2.75) is 46.1 Å². The number of nitrogens with one attached hydrogen (secondary N) is 1. The summed E-state index contributed by atoms with van der Waals surface area (Å²) < 4.78 is 0. The van der Waals surface area contributed by atoms with Crippen LogP contribution in [0.2, 0.25) is 0 Å². The number of carbonyl (C=O) groups is 2. The van der Waals surface area contributed by atoms with Gasteiger partial charge in [-0.15, -0.1) is 0 Å². The van der Waals surface area contributed by atoms with Gasteiger partial charge in [0.15, 0.2) is 5.60 Å². The van der Waals surface area contributed by atoms with E-state index in [4.69, 9.17) is 0 Å². The van der Waals surface area contributed by atoms with Gasteiger partial charge in [0, 0.05) is 19.2 Å². The van der Waals surface area contributed by atoms with Crippen LogP contribution in [0.5, 0.6) is 5.75 Å². The van der Waals surface area contributed by atoms with Crippen LogP contribution in [-0.2, 0) is 9.59 Å². The molecule has 1 aliphatic rings. The first kappa shape index (κ1) is 17.3. The van der Waals surface area contributed by atoms with Crippen molar-refractivity contribution in [1.29, 1.82) is 0 Å². The maximum absolute atomic E-state index is 12.6. The van der Waals surface area contributed by atoms with Crippen LogP contribution < -0.4 is 5.32 Å². The first-order chi connectivity index (χ1) is 10.7. The number of β-amino-alcohol motifs (C(OH)–C–C–N with tert-alkyl or cyclic N) is 1. The van der Waals surface area contributed by atoms with Crippen molar-refractivity contribution < 1.29 is 19.8 Å². The maximum Gasteiger partial charge on any atom is 0.258 e. The second-order valence-corrected chi connectivity index (χ2v) is 6.37. The van der Waals surface area contributed by atoms with Gasteiger partial charge in [0.1, 0.15) is 5.75 Å². The molecule has 1 aliphatic heterocycles. The second kappa shape index (κ2) is 6.20. The summed E-state index contributed by atoms with van der Waals surface area (Å²) in [5.74, 6) is -0.459. The van der Waals surface area contributed by atoms with Gasteiger partial charge in [-0.3, -0.25) is 9.59 Å². The molecule has 3 N–H and O–H groups in total. The van der Waals surface area contributed by atoms with Gasteiger partial charge in [-0.2, -0.15) is 0 Å². The van der Waals surface area contributed by atoms with Crippen LogP contribution >= 0.6 is 0 Å². The van der Waals surface area contributed by atoms with Gasteiger partial charge in [-0.25, -0.2) is 0 Å². The molecule has 23 heavy (non-hydrogen) atoms. The monoisotopic (exact) mass is 320 g/mol. The molecule has 1 fully saturated rings. The summed E-state index contributed by atoms with van der Waals surface area (Å²) in [6.07, 6.45) is 0.897. The summed E-state index contributed by atoms with van der Waals surface area (Å²) in [7, 11) is 0. The molecule has 1 atom stereocenters. The number of carbonyl (C=O) groups excluding carboxylic acids is 2.